The highest BCUT2D eigenvalue weighted by molar-refractivity contribution is 9.11. The minimum absolute atomic E-state index is 0.155. The van der Waals surface area contributed by atoms with Gasteiger partial charge < -0.3 is 5.32 Å². The molecular formula is C21H21BrN2O3S2. The van der Waals surface area contributed by atoms with E-state index in [1.165, 1.54) is 6.07 Å². The number of sulfonamides is 1. The predicted octanol–water partition coefficient (Wildman–Crippen LogP) is 4.66. The lowest BCUT2D eigenvalue weighted by Gasteiger charge is -2.19. The maximum absolute atomic E-state index is 13.1. The van der Waals surface area contributed by atoms with E-state index in [0.29, 0.717) is 9.47 Å². The van der Waals surface area contributed by atoms with Crippen LogP contribution in [0.15, 0.2) is 68.7 Å². The molecule has 5 nitrogen and oxygen atoms in total. The van der Waals surface area contributed by atoms with Crippen molar-refractivity contribution in [3.8, 4) is 0 Å². The van der Waals surface area contributed by atoms with Crippen LogP contribution in [0.3, 0.4) is 0 Å². The van der Waals surface area contributed by atoms with Crippen molar-refractivity contribution in [1.82, 2.24) is 4.72 Å². The number of hydrogen-bond acceptors (Lipinski definition) is 4. The number of aryl methyl sites for hydroxylation is 1. The second kappa shape index (κ2) is 9.21. The molecule has 1 aromatic heterocycles. The van der Waals surface area contributed by atoms with Crippen LogP contribution in [0.1, 0.15) is 16.7 Å². The van der Waals surface area contributed by atoms with Crippen LogP contribution in [0.25, 0.3) is 0 Å². The second-order valence-electron chi connectivity index (χ2n) is 6.66. The van der Waals surface area contributed by atoms with E-state index in [1.54, 1.807) is 6.07 Å². The van der Waals surface area contributed by atoms with Gasteiger partial charge in [-0.15, -0.1) is 11.3 Å². The highest BCUT2D eigenvalue weighted by atomic mass is 79.9. The summed E-state index contributed by atoms with van der Waals surface area (Å²) in [5, 5.41) is 2.88. The topological polar surface area (TPSA) is 75.3 Å². The molecule has 0 bridgehead atoms. The first-order chi connectivity index (χ1) is 13.8. The standard InChI is InChI=1S/C21H21BrN2O3S2/c1-14-7-6-10-17(15(14)2)23-21(25)18(13-16-8-4-3-5-9-16)24-29(26,27)20-12-11-19(22)28-20/h3-12,18,24H,13H2,1-2H3,(H,23,25). The van der Waals surface area contributed by atoms with Crippen LogP contribution >= 0.6 is 27.3 Å². The zero-order valence-corrected chi connectivity index (χ0v) is 19.2. The van der Waals surface area contributed by atoms with Crippen LogP contribution in [0, 0.1) is 13.8 Å². The Morgan fingerprint density at radius 1 is 1.03 bits per heavy atom. The van der Waals surface area contributed by atoms with Crippen LogP contribution < -0.4 is 10.0 Å². The van der Waals surface area contributed by atoms with E-state index in [-0.39, 0.29) is 10.6 Å². The monoisotopic (exact) mass is 492 g/mol. The molecule has 1 atom stereocenters. The van der Waals surface area contributed by atoms with Crippen molar-refractivity contribution in [3.63, 3.8) is 0 Å². The van der Waals surface area contributed by atoms with Crippen LogP contribution in [-0.4, -0.2) is 20.4 Å². The van der Waals surface area contributed by atoms with Crippen molar-refractivity contribution < 1.29 is 13.2 Å². The molecule has 3 rings (SSSR count). The molecule has 8 heteroatoms. The average Bonchev–Trinajstić information content (AvgIpc) is 3.13. The number of carbonyl (C=O) groups is 1. The van der Waals surface area contributed by atoms with Gasteiger partial charge in [0.25, 0.3) is 10.0 Å². The maximum atomic E-state index is 13.1. The third-order valence-electron chi connectivity index (χ3n) is 4.57. The number of thiophene rings is 1. The summed E-state index contributed by atoms with van der Waals surface area (Å²) in [6.07, 6.45) is 0.239. The Morgan fingerprint density at radius 3 is 2.41 bits per heavy atom. The third-order valence-corrected chi connectivity index (χ3v) is 8.16. The molecule has 29 heavy (non-hydrogen) atoms. The van der Waals surface area contributed by atoms with Crippen LogP contribution in [0.4, 0.5) is 5.69 Å². The molecule has 2 N–H and O–H groups in total. The van der Waals surface area contributed by atoms with Crippen molar-refractivity contribution in [3.05, 3.63) is 81.1 Å². The normalized spacial score (nSPS) is 12.5. The second-order valence-corrected chi connectivity index (χ2v) is 11.1. The molecule has 2 aromatic carbocycles. The number of benzene rings is 2. The first kappa shape index (κ1) is 21.7. The zero-order valence-electron chi connectivity index (χ0n) is 16.0. The SMILES string of the molecule is Cc1cccc(NC(=O)C(Cc2ccccc2)NS(=O)(=O)c2ccc(Br)s2)c1C. The van der Waals surface area contributed by atoms with E-state index in [0.717, 1.165) is 28.0 Å². The van der Waals surface area contributed by atoms with Gasteiger partial charge in [0.15, 0.2) is 0 Å². The Morgan fingerprint density at radius 2 is 1.76 bits per heavy atom. The van der Waals surface area contributed by atoms with Gasteiger partial charge in [0.2, 0.25) is 5.91 Å². The summed E-state index contributed by atoms with van der Waals surface area (Å²) in [4.78, 5) is 13.1. The van der Waals surface area contributed by atoms with Crippen molar-refractivity contribution in [2.45, 2.75) is 30.5 Å². The van der Waals surface area contributed by atoms with Gasteiger partial charge in [-0.3, -0.25) is 4.79 Å². The summed E-state index contributed by atoms with van der Waals surface area (Å²) in [7, 11) is -3.84. The molecule has 0 aliphatic heterocycles. The van der Waals surface area contributed by atoms with Crippen LogP contribution in [0.5, 0.6) is 0 Å². The number of amides is 1. The molecule has 0 aliphatic carbocycles. The number of rotatable bonds is 7. The van der Waals surface area contributed by atoms with Gasteiger partial charge in [0.05, 0.1) is 3.79 Å². The number of anilines is 1. The van der Waals surface area contributed by atoms with Crippen LogP contribution in [0.2, 0.25) is 0 Å². The van der Waals surface area contributed by atoms with Gasteiger partial charge in [-0.1, -0.05) is 42.5 Å². The lowest BCUT2D eigenvalue weighted by molar-refractivity contribution is -0.117. The number of carbonyl (C=O) groups excluding carboxylic acids is 1. The lowest BCUT2D eigenvalue weighted by Crippen LogP contribution is -2.45. The van der Waals surface area contributed by atoms with Crippen molar-refractivity contribution in [2.75, 3.05) is 5.32 Å². The van der Waals surface area contributed by atoms with Crippen molar-refractivity contribution >= 4 is 48.9 Å². The first-order valence-electron chi connectivity index (χ1n) is 8.95. The molecule has 152 valence electrons. The third kappa shape index (κ3) is 5.54. The van der Waals surface area contributed by atoms with E-state index >= 15 is 0 Å². The van der Waals surface area contributed by atoms with E-state index in [1.807, 2.05) is 62.4 Å². The summed E-state index contributed by atoms with van der Waals surface area (Å²) < 4.78 is 29.1. The smallest absolute Gasteiger partial charge is 0.250 e. The minimum Gasteiger partial charge on any atom is -0.324 e. The summed E-state index contributed by atoms with van der Waals surface area (Å²) in [5.41, 5.74) is 3.53. The van der Waals surface area contributed by atoms with E-state index in [2.05, 4.69) is 26.0 Å². The fourth-order valence-electron chi connectivity index (χ4n) is 2.83. The quantitative estimate of drug-likeness (QED) is 0.503. The van der Waals surface area contributed by atoms with Crippen molar-refractivity contribution in [2.24, 2.45) is 0 Å². The molecule has 0 spiro atoms. The molecular weight excluding hydrogens is 472 g/mol. The average molecular weight is 493 g/mol. The van der Waals surface area contributed by atoms with E-state index in [4.69, 9.17) is 0 Å². The lowest BCUT2D eigenvalue weighted by atomic mass is 10.0. The Bertz CT molecular complexity index is 1110. The zero-order chi connectivity index (χ0) is 21.0. The Labute approximate surface area is 183 Å². The molecule has 0 aliphatic rings. The summed E-state index contributed by atoms with van der Waals surface area (Å²) in [5.74, 6) is -0.401. The molecule has 0 saturated carbocycles. The fourth-order valence-corrected chi connectivity index (χ4v) is 6.05. The predicted molar refractivity (Wildman–Crippen MR) is 121 cm³/mol. The van der Waals surface area contributed by atoms with E-state index in [9.17, 15) is 13.2 Å². The molecule has 3 aromatic rings. The summed E-state index contributed by atoms with van der Waals surface area (Å²) in [6, 6.07) is 17.2. The van der Waals surface area contributed by atoms with Crippen LogP contribution in [-0.2, 0) is 21.2 Å². The molecule has 0 saturated heterocycles. The Hall–Kier alpha value is -2.00. The highest BCUT2D eigenvalue weighted by Gasteiger charge is 2.27. The molecule has 0 radical (unpaired) electrons. The van der Waals surface area contributed by atoms with Gasteiger partial charge in [0, 0.05) is 5.69 Å². The van der Waals surface area contributed by atoms with Gasteiger partial charge in [-0.25, -0.2) is 8.42 Å². The van der Waals surface area contributed by atoms with Crippen molar-refractivity contribution in [1.29, 1.82) is 0 Å². The maximum Gasteiger partial charge on any atom is 0.250 e. The van der Waals surface area contributed by atoms with Gasteiger partial charge in [-0.05, 0) is 71.1 Å². The molecule has 0 fully saturated rings. The summed E-state index contributed by atoms with van der Waals surface area (Å²) >= 11 is 4.38. The molecule has 1 heterocycles. The molecule has 1 amide bonds. The Kier molecular flexibility index (Phi) is 6.89. The van der Waals surface area contributed by atoms with Gasteiger partial charge in [0.1, 0.15) is 10.3 Å². The number of nitrogens with one attached hydrogen (secondary N) is 2. The molecule has 1 unspecified atom stereocenters. The fraction of sp³-hybridized carbons (Fsp3) is 0.190. The van der Waals surface area contributed by atoms with Gasteiger partial charge in [-0.2, -0.15) is 4.72 Å². The Balaban J connectivity index is 1.88. The largest absolute Gasteiger partial charge is 0.324 e. The highest BCUT2D eigenvalue weighted by Crippen LogP contribution is 2.26. The summed E-state index contributed by atoms with van der Waals surface area (Å²) in [6.45, 7) is 3.88. The number of halogens is 1. The van der Waals surface area contributed by atoms with E-state index < -0.39 is 22.0 Å². The van der Waals surface area contributed by atoms with Gasteiger partial charge >= 0.3 is 0 Å². The minimum atomic E-state index is -3.84. The number of hydrogen-bond donors (Lipinski definition) is 2. The first-order valence-corrected chi connectivity index (χ1v) is 12.0.